The highest BCUT2D eigenvalue weighted by molar-refractivity contribution is 5.79. The molecule has 0 radical (unpaired) electrons. The average molecular weight is 242 g/mol. The zero-order valence-corrected chi connectivity index (χ0v) is 12.3. The van der Waals surface area contributed by atoms with E-state index in [2.05, 4.69) is 34.6 Å². The minimum atomic E-state index is 0.245. The van der Waals surface area contributed by atoms with Gasteiger partial charge in [0.05, 0.1) is 0 Å². The fourth-order valence-electron chi connectivity index (χ4n) is 1.57. The largest absolute Gasteiger partial charge is 0.374 e. The van der Waals surface area contributed by atoms with Crippen LogP contribution in [0.5, 0.6) is 0 Å². The number of hydrogen-bond donors (Lipinski definition) is 0. The lowest BCUT2D eigenvalue weighted by Crippen LogP contribution is -2.11. The molecule has 0 unspecified atom stereocenters. The molecule has 0 rings (SSSR count). The van der Waals surface area contributed by atoms with Gasteiger partial charge in [-0.1, -0.05) is 41.0 Å². The van der Waals surface area contributed by atoms with Crippen molar-refractivity contribution in [1.29, 1.82) is 0 Å². The monoisotopic (exact) mass is 242 g/mol. The predicted molar refractivity (Wildman–Crippen MR) is 73.2 cm³/mol. The molecular weight excluding hydrogens is 212 g/mol. The van der Waals surface area contributed by atoms with Gasteiger partial charge in [0.2, 0.25) is 0 Å². The quantitative estimate of drug-likeness (QED) is 0.566. The van der Waals surface area contributed by atoms with Crippen molar-refractivity contribution in [3.63, 3.8) is 0 Å². The van der Waals surface area contributed by atoms with Crippen LogP contribution in [0.2, 0.25) is 0 Å². The van der Waals surface area contributed by atoms with Gasteiger partial charge in [0.25, 0.3) is 0 Å². The van der Waals surface area contributed by atoms with E-state index in [0.29, 0.717) is 24.4 Å². The third kappa shape index (κ3) is 13.6. The molecule has 0 heterocycles. The number of Topliss-reactive ketones (excluding diaryl/α,β-unsaturated/α-hetero) is 1. The van der Waals surface area contributed by atoms with E-state index in [9.17, 15) is 4.79 Å². The molecule has 0 aromatic rings. The second-order valence-electron chi connectivity index (χ2n) is 6.54. The Bertz CT molecular complexity index is 201. The standard InChI is InChI=1S/C15H30O2/c1-13(2)8-9-14(16)12-17-11-7-6-10-15(3,4)5/h13H,6-12H2,1-5H3. The van der Waals surface area contributed by atoms with E-state index in [1.165, 1.54) is 12.8 Å². The van der Waals surface area contributed by atoms with E-state index in [4.69, 9.17) is 4.74 Å². The van der Waals surface area contributed by atoms with Crippen LogP contribution in [-0.4, -0.2) is 19.0 Å². The average Bonchev–Trinajstić information content (AvgIpc) is 2.18. The van der Waals surface area contributed by atoms with Gasteiger partial charge < -0.3 is 4.74 Å². The van der Waals surface area contributed by atoms with Crippen molar-refractivity contribution in [2.45, 2.75) is 66.7 Å². The predicted octanol–water partition coefficient (Wildman–Crippen LogP) is 4.22. The van der Waals surface area contributed by atoms with Crippen molar-refractivity contribution in [3.8, 4) is 0 Å². The molecule has 0 fully saturated rings. The molecule has 0 bridgehead atoms. The molecule has 102 valence electrons. The van der Waals surface area contributed by atoms with Gasteiger partial charge in [0.15, 0.2) is 5.78 Å². The summed E-state index contributed by atoms with van der Waals surface area (Å²) in [6.07, 6.45) is 5.11. The number of ether oxygens (including phenoxy) is 1. The molecule has 0 aliphatic carbocycles. The number of unbranched alkanes of at least 4 members (excludes halogenated alkanes) is 1. The molecule has 2 heteroatoms. The van der Waals surface area contributed by atoms with Gasteiger partial charge in [-0.2, -0.15) is 0 Å². The summed E-state index contributed by atoms with van der Waals surface area (Å²) < 4.78 is 5.39. The van der Waals surface area contributed by atoms with Crippen LogP contribution in [0.15, 0.2) is 0 Å². The van der Waals surface area contributed by atoms with E-state index in [0.717, 1.165) is 19.4 Å². The molecule has 0 saturated heterocycles. The Hall–Kier alpha value is -0.370. The van der Waals surface area contributed by atoms with Crippen molar-refractivity contribution in [3.05, 3.63) is 0 Å². The Morgan fingerprint density at radius 1 is 1.18 bits per heavy atom. The fourth-order valence-corrected chi connectivity index (χ4v) is 1.57. The van der Waals surface area contributed by atoms with Gasteiger partial charge >= 0.3 is 0 Å². The van der Waals surface area contributed by atoms with E-state index in [-0.39, 0.29) is 5.78 Å². The lowest BCUT2D eigenvalue weighted by Gasteiger charge is -2.17. The van der Waals surface area contributed by atoms with Gasteiger partial charge in [0.1, 0.15) is 6.61 Å². The first-order valence-electron chi connectivity index (χ1n) is 6.91. The summed E-state index contributed by atoms with van der Waals surface area (Å²) in [6, 6.07) is 0. The number of carbonyl (C=O) groups excluding carboxylic acids is 1. The molecule has 0 N–H and O–H groups in total. The summed E-state index contributed by atoms with van der Waals surface area (Å²) in [5.41, 5.74) is 0.410. The van der Waals surface area contributed by atoms with Crippen LogP contribution >= 0.6 is 0 Å². The third-order valence-corrected chi connectivity index (χ3v) is 2.73. The fraction of sp³-hybridized carbons (Fsp3) is 0.933. The number of carbonyl (C=O) groups is 1. The molecule has 0 amide bonds. The van der Waals surface area contributed by atoms with Gasteiger partial charge in [0, 0.05) is 13.0 Å². The highest BCUT2D eigenvalue weighted by atomic mass is 16.5. The first-order chi connectivity index (χ1) is 7.81. The summed E-state index contributed by atoms with van der Waals surface area (Å²) in [5, 5.41) is 0. The first-order valence-corrected chi connectivity index (χ1v) is 6.91. The van der Waals surface area contributed by atoms with Crippen LogP contribution in [0.4, 0.5) is 0 Å². The molecule has 0 saturated carbocycles. The third-order valence-electron chi connectivity index (χ3n) is 2.73. The van der Waals surface area contributed by atoms with Crippen molar-refractivity contribution < 1.29 is 9.53 Å². The molecule has 0 aromatic carbocycles. The number of ketones is 1. The summed E-state index contributed by atoms with van der Waals surface area (Å²) in [6.45, 7) is 12.1. The van der Waals surface area contributed by atoms with Gasteiger partial charge in [-0.25, -0.2) is 0 Å². The van der Waals surface area contributed by atoms with Gasteiger partial charge in [-0.15, -0.1) is 0 Å². The zero-order chi connectivity index (χ0) is 13.3. The Morgan fingerprint density at radius 2 is 1.82 bits per heavy atom. The lowest BCUT2D eigenvalue weighted by atomic mass is 9.90. The summed E-state index contributed by atoms with van der Waals surface area (Å²) >= 11 is 0. The van der Waals surface area contributed by atoms with Crippen LogP contribution in [0.3, 0.4) is 0 Å². The van der Waals surface area contributed by atoms with E-state index in [1.807, 2.05) is 0 Å². The van der Waals surface area contributed by atoms with E-state index >= 15 is 0 Å². The van der Waals surface area contributed by atoms with Gasteiger partial charge in [-0.05, 0) is 30.6 Å². The second-order valence-corrected chi connectivity index (χ2v) is 6.54. The van der Waals surface area contributed by atoms with E-state index in [1.54, 1.807) is 0 Å². The lowest BCUT2D eigenvalue weighted by molar-refractivity contribution is -0.123. The molecule has 0 spiro atoms. The molecule has 17 heavy (non-hydrogen) atoms. The summed E-state index contributed by atoms with van der Waals surface area (Å²) in [5.74, 6) is 0.847. The van der Waals surface area contributed by atoms with Gasteiger partial charge in [-0.3, -0.25) is 4.79 Å². The van der Waals surface area contributed by atoms with Crippen molar-refractivity contribution in [2.24, 2.45) is 11.3 Å². The Morgan fingerprint density at radius 3 is 2.35 bits per heavy atom. The highest BCUT2D eigenvalue weighted by Gasteiger charge is 2.09. The molecule has 0 aliphatic heterocycles. The Labute approximate surface area is 107 Å². The minimum Gasteiger partial charge on any atom is -0.374 e. The van der Waals surface area contributed by atoms with Crippen LogP contribution < -0.4 is 0 Å². The molecular formula is C15H30O2. The Balaban J connectivity index is 3.31. The molecule has 2 nitrogen and oxygen atoms in total. The highest BCUT2D eigenvalue weighted by Crippen LogP contribution is 2.21. The molecule has 0 aromatic heterocycles. The van der Waals surface area contributed by atoms with Crippen LogP contribution in [0.25, 0.3) is 0 Å². The topological polar surface area (TPSA) is 26.3 Å². The molecule has 0 atom stereocenters. The second kappa shape index (κ2) is 8.68. The zero-order valence-electron chi connectivity index (χ0n) is 12.3. The maximum Gasteiger partial charge on any atom is 0.158 e. The number of rotatable bonds is 9. The van der Waals surface area contributed by atoms with Crippen molar-refractivity contribution in [2.75, 3.05) is 13.2 Å². The Kier molecular flexibility index (Phi) is 8.49. The smallest absolute Gasteiger partial charge is 0.158 e. The van der Waals surface area contributed by atoms with Crippen LogP contribution in [-0.2, 0) is 9.53 Å². The molecule has 0 aliphatic rings. The normalized spacial score (nSPS) is 12.1. The maximum atomic E-state index is 11.4. The van der Waals surface area contributed by atoms with Crippen LogP contribution in [0, 0.1) is 11.3 Å². The van der Waals surface area contributed by atoms with E-state index < -0.39 is 0 Å². The minimum absolute atomic E-state index is 0.245. The summed E-state index contributed by atoms with van der Waals surface area (Å²) in [4.78, 5) is 11.4. The SMILES string of the molecule is CC(C)CCC(=O)COCCCCC(C)(C)C. The van der Waals surface area contributed by atoms with Crippen molar-refractivity contribution >= 4 is 5.78 Å². The van der Waals surface area contributed by atoms with Crippen LogP contribution in [0.1, 0.15) is 66.7 Å². The first kappa shape index (κ1) is 16.6. The number of hydrogen-bond acceptors (Lipinski definition) is 2. The summed E-state index contributed by atoms with van der Waals surface area (Å²) in [7, 11) is 0. The maximum absolute atomic E-state index is 11.4. The van der Waals surface area contributed by atoms with Crippen molar-refractivity contribution in [1.82, 2.24) is 0 Å².